The summed E-state index contributed by atoms with van der Waals surface area (Å²) in [6.45, 7) is 5.21. The van der Waals surface area contributed by atoms with Gasteiger partial charge in [-0.05, 0) is 42.9 Å². The van der Waals surface area contributed by atoms with Crippen molar-refractivity contribution >= 4 is 29.0 Å². The minimum absolute atomic E-state index is 0.0756. The van der Waals surface area contributed by atoms with Crippen LogP contribution in [0.1, 0.15) is 45.1 Å². The summed E-state index contributed by atoms with van der Waals surface area (Å²) >= 11 is 0. The lowest BCUT2D eigenvalue weighted by Crippen LogP contribution is -2.40. The maximum absolute atomic E-state index is 13.2. The first-order chi connectivity index (χ1) is 14.0. The molecule has 0 bridgehead atoms. The average molecular weight is 399 g/mol. The van der Waals surface area contributed by atoms with Crippen LogP contribution in [-0.2, 0) is 14.4 Å². The Morgan fingerprint density at radius 2 is 1.93 bits per heavy atom. The maximum Gasteiger partial charge on any atom is 0.277 e. The topological polar surface area (TPSA) is 90.0 Å². The van der Waals surface area contributed by atoms with E-state index in [1.165, 1.54) is 11.8 Å². The second-order valence-electron chi connectivity index (χ2n) is 7.73. The zero-order valence-corrected chi connectivity index (χ0v) is 17.1. The number of nitrogens with one attached hydrogen (secondary N) is 1. The molecule has 0 radical (unpaired) electrons. The van der Waals surface area contributed by atoms with Gasteiger partial charge < -0.3 is 15.3 Å². The summed E-state index contributed by atoms with van der Waals surface area (Å²) in [6.07, 6.45) is 3.45. The van der Waals surface area contributed by atoms with Crippen molar-refractivity contribution in [2.45, 2.75) is 39.5 Å². The molecule has 1 aromatic carbocycles. The molecule has 0 aliphatic carbocycles. The molecule has 156 valence electrons. The van der Waals surface area contributed by atoms with E-state index in [0.717, 1.165) is 25.7 Å². The quantitative estimate of drug-likeness (QED) is 0.687. The summed E-state index contributed by atoms with van der Waals surface area (Å²) in [5.41, 5.74) is 2.16. The third-order valence-corrected chi connectivity index (χ3v) is 5.47. The fourth-order valence-electron chi connectivity index (χ4n) is 3.98. The number of piperidine rings is 1. The molecule has 2 heterocycles. The van der Waals surface area contributed by atoms with Gasteiger partial charge in [-0.2, -0.15) is 0 Å². The number of hydrogen-bond donors (Lipinski definition) is 2. The van der Waals surface area contributed by atoms with Gasteiger partial charge in [0.1, 0.15) is 5.70 Å². The molecule has 1 saturated heterocycles. The lowest BCUT2D eigenvalue weighted by molar-refractivity contribution is -0.137. The number of carbonyl (C=O) groups is 3. The molecule has 1 unspecified atom stereocenters. The number of anilines is 1. The van der Waals surface area contributed by atoms with Crippen LogP contribution in [0.4, 0.5) is 5.69 Å². The van der Waals surface area contributed by atoms with Gasteiger partial charge in [-0.15, -0.1) is 0 Å². The highest BCUT2D eigenvalue weighted by Gasteiger charge is 2.42. The molecule has 0 saturated carbocycles. The van der Waals surface area contributed by atoms with Crippen LogP contribution in [0.2, 0.25) is 0 Å². The Kier molecular flexibility index (Phi) is 6.69. The van der Waals surface area contributed by atoms with E-state index in [-0.39, 0.29) is 30.2 Å². The number of likely N-dealkylation sites (tertiary alicyclic amines) is 1. The highest BCUT2D eigenvalue weighted by molar-refractivity contribution is 6.35. The number of nitrogens with zero attached hydrogens (tertiary/aromatic N) is 2. The Morgan fingerprint density at radius 1 is 1.21 bits per heavy atom. The van der Waals surface area contributed by atoms with Crippen LogP contribution in [0.5, 0.6) is 0 Å². The largest absolute Gasteiger partial charge is 0.396 e. The SMILES string of the molecule is CCCCN1C(=O)C(c2ccc(NC(C)=O)cc2)=C(N2CCCC(CO)C2)C1=O. The van der Waals surface area contributed by atoms with Crippen molar-refractivity contribution in [1.29, 1.82) is 0 Å². The normalized spacial score (nSPS) is 19.9. The van der Waals surface area contributed by atoms with Crippen LogP contribution in [-0.4, -0.2) is 58.9 Å². The fourth-order valence-corrected chi connectivity index (χ4v) is 3.98. The smallest absolute Gasteiger partial charge is 0.277 e. The average Bonchev–Trinajstić information content (AvgIpc) is 2.96. The van der Waals surface area contributed by atoms with E-state index in [2.05, 4.69) is 5.32 Å². The van der Waals surface area contributed by atoms with Gasteiger partial charge in [-0.1, -0.05) is 25.5 Å². The molecule has 0 spiro atoms. The van der Waals surface area contributed by atoms with Crippen LogP contribution in [0.3, 0.4) is 0 Å². The van der Waals surface area contributed by atoms with Crippen LogP contribution in [0.15, 0.2) is 30.0 Å². The highest BCUT2D eigenvalue weighted by Crippen LogP contribution is 2.34. The lowest BCUT2D eigenvalue weighted by atomic mass is 9.97. The molecular formula is C22H29N3O4. The number of benzene rings is 1. The number of imide groups is 1. The number of unbranched alkanes of at least 4 members (excludes halogenated alkanes) is 1. The molecule has 1 atom stereocenters. The first kappa shape index (κ1) is 21.0. The van der Waals surface area contributed by atoms with Crippen LogP contribution >= 0.6 is 0 Å². The Labute approximate surface area is 171 Å². The molecule has 7 heteroatoms. The zero-order chi connectivity index (χ0) is 21.0. The Morgan fingerprint density at radius 3 is 2.55 bits per heavy atom. The van der Waals surface area contributed by atoms with Crippen molar-refractivity contribution in [2.75, 3.05) is 31.6 Å². The maximum atomic E-state index is 13.2. The Balaban J connectivity index is 1.98. The predicted octanol–water partition coefficient (Wildman–Crippen LogP) is 2.23. The van der Waals surface area contributed by atoms with E-state index in [4.69, 9.17) is 0 Å². The van der Waals surface area contributed by atoms with Crippen molar-refractivity contribution in [1.82, 2.24) is 9.80 Å². The van der Waals surface area contributed by atoms with Gasteiger partial charge in [-0.3, -0.25) is 19.3 Å². The van der Waals surface area contributed by atoms with Gasteiger partial charge in [0, 0.05) is 38.9 Å². The molecule has 2 aliphatic rings. The van der Waals surface area contributed by atoms with Crippen molar-refractivity contribution in [3.8, 4) is 0 Å². The van der Waals surface area contributed by atoms with Gasteiger partial charge in [0.15, 0.2) is 0 Å². The summed E-state index contributed by atoms with van der Waals surface area (Å²) in [4.78, 5) is 41.0. The van der Waals surface area contributed by atoms with Gasteiger partial charge in [-0.25, -0.2) is 0 Å². The first-order valence-electron chi connectivity index (χ1n) is 10.3. The summed E-state index contributed by atoms with van der Waals surface area (Å²) in [6, 6.07) is 7.01. The van der Waals surface area contributed by atoms with E-state index in [1.807, 2.05) is 11.8 Å². The molecule has 1 fully saturated rings. The Bertz CT molecular complexity index is 816. The molecule has 2 N–H and O–H groups in total. The third-order valence-electron chi connectivity index (χ3n) is 5.47. The molecule has 3 rings (SSSR count). The van der Waals surface area contributed by atoms with Gasteiger partial charge in [0.2, 0.25) is 5.91 Å². The predicted molar refractivity (Wildman–Crippen MR) is 111 cm³/mol. The van der Waals surface area contributed by atoms with Gasteiger partial charge >= 0.3 is 0 Å². The highest BCUT2D eigenvalue weighted by atomic mass is 16.3. The molecule has 0 aromatic heterocycles. The number of rotatable bonds is 7. The molecule has 7 nitrogen and oxygen atoms in total. The second-order valence-corrected chi connectivity index (χ2v) is 7.73. The number of hydrogen-bond acceptors (Lipinski definition) is 5. The number of amides is 3. The third kappa shape index (κ3) is 4.50. The first-order valence-corrected chi connectivity index (χ1v) is 10.3. The van der Waals surface area contributed by atoms with E-state index in [1.54, 1.807) is 24.3 Å². The number of aliphatic hydroxyl groups excluding tert-OH is 1. The lowest BCUT2D eigenvalue weighted by Gasteiger charge is -2.34. The summed E-state index contributed by atoms with van der Waals surface area (Å²) < 4.78 is 0. The summed E-state index contributed by atoms with van der Waals surface area (Å²) in [5.74, 6) is -0.578. The molecule has 29 heavy (non-hydrogen) atoms. The van der Waals surface area contributed by atoms with Crippen LogP contribution < -0.4 is 5.32 Å². The van der Waals surface area contributed by atoms with E-state index in [9.17, 15) is 19.5 Å². The number of aliphatic hydroxyl groups is 1. The second kappa shape index (κ2) is 9.22. The monoisotopic (exact) mass is 399 g/mol. The molecule has 3 amide bonds. The van der Waals surface area contributed by atoms with Gasteiger partial charge in [0.05, 0.1) is 5.57 Å². The minimum atomic E-state index is -0.267. The van der Waals surface area contributed by atoms with Crippen LogP contribution in [0, 0.1) is 5.92 Å². The number of carbonyl (C=O) groups excluding carboxylic acids is 3. The Hall–Kier alpha value is -2.67. The van der Waals surface area contributed by atoms with Crippen molar-refractivity contribution in [3.63, 3.8) is 0 Å². The zero-order valence-electron chi connectivity index (χ0n) is 17.1. The van der Waals surface area contributed by atoms with Crippen molar-refractivity contribution in [3.05, 3.63) is 35.5 Å². The van der Waals surface area contributed by atoms with Crippen molar-refractivity contribution < 1.29 is 19.5 Å². The fraction of sp³-hybridized carbons (Fsp3) is 0.500. The molecule has 2 aliphatic heterocycles. The van der Waals surface area contributed by atoms with Crippen molar-refractivity contribution in [2.24, 2.45) is 5.92 Å². The molecular weight excluding hydrogens is 370 g/mol. The van der Waals surface area contributed by atoms with E-state index >= 15 is 0 Å². The standard InChI is InChI=1S/C22H29N3O4/c1-3-4-12-25-21(28)19(17-7-9-18(10-8-17)23-15(2)27)20(22(25)29)24-11-5-6-16(13-24)14-26/h7-10,16,26H,3-6,11-14H2,1-2H3,(H,23,27). The summed E-state index contributed by atoms with van der Waals surface area (Å²) in [5, 5.41) is 12.3. The molecule has 1 aromatic rings. The van der Waals surface area contributed by atoms with E-state index < -0.39 is 0 Å². The van der Waals surface area contributed by atoms with E-state index in [0.29, 0.717) is 42.2 Å². The minimum Gasteiger partial charge on any atom is -0.396 e. The summed E-state index contributed by atoms with van der Waals surface area (Å²) in [7, 11) is 0. The van der Waals surface area contributed by atoms with Gasteiger partial charge in [0.25, 0.3) is 11.8 Å². The van der Waals surface area contributed by atoms with Crippen LogP contribution in [0.25, 0.3) is 5.57 Å².